The second-order valence-electron chi connectivity index (χ2n) is 4.21. The van der Waals surface area contributed by atoms with Crippen LogP contribution in [0, 0.1) is 10.1 Å². The van der Waals surface area contributed by atoms with Gasteiger partial charge in [0.05, 0.1) is 4.92 Å². The molecule has 0 aliphatic heterocycles. The van der Waals surface area contributed by atoms with Crippen molar-refractivity contribution in [3.05, 3.63) is 64.7 Å². The molecule has 0 saturated carbocycles. The summed E-state index contributed by atoms with van der Waals surface area (Å²) in [7, 11) is 0. The number of rotatable bonds is 4. The van der Waals surface area contributed by atoms with E-state index in [1.165, 1.54) is 23.5 Å². The monoisotopic (exact) mass is 298 g/mol. The summed E-state index contributed by atoms with van der Waals surface area (Å²) in [5.41, 5.74) is 1.80. The minimum Gasteiger partial charge on any atom is -0.330 e. The predicted molar refractivity (Wildman–Crippen MR) is 81.7 cm³/mol. The van der Waals surface area contributed by atoms with E-state index in [0.717, 1.165) is 11.3 Å². The Morgan fingerprint density at radius 2 is 1.71 bits per heavy atom. The average molecular weight is 298 g/mol. The maximum absolute atomic E-state index is 10.6. The van der Waals surface area contributed by atoms with Crippen molar-refractivity contribution in [1.29, 1.82) is 0 Å². The van der Waals surface area contributed by atoms with E-state index in [9.17, 15) is 10.1 Å². The van der Waals surface area contributed by atoms with Gasteiger partial charge in [0.2, 0.25) is 5.13 Å². The molecule has 2 aromatic carbocycles. The van der Waals surface area contributed by atoms with E-state index in [1.54, 1.807) is 12.1 Å². The molecule has 1 N–H and O–H groups in total. The minimum absolute atomic E-state index is 0.0610. The number of non-ortho nitro benzene ring substituents is 1. The molecular weight excluding hydrogens is 288 g/mol. The summed E-state index contributed by atoms with van der Waals surface area (Å²) in [5, 5.41) is 23.3. The van der Waals surface area contributed by atoms with E-state index in [1.807, 2.05) is 30.3 Å². The third kappa shape index (κ3) is 3.03. The summed E-state index contributed by atoms with van der Waals surface area (Å²) < 4.78 is 0. The van der Waals surface area contributed by atoms with Crippen LogP contribution in [0.2, 0.25) is 0 Å². The molecule has 0 fully saturated rings. The van der Waals surface area contributed by atoms with Crippen LogP contribution in [0.15, 0.2) is 54.6 Å². The van der Waals surface area contributed by atoms with Crippen LogP contribution in [0.5, 0.6) is 0 Å². The van der Waals surface area contributed by atoms with Crippen LogP contribution in [-0.4, -0.2) is 15.1 Å². The molecule has 0 radical (unpaired) electrons. The maximum atomic E-state index is 10.6. The quantitative estimate of drug-likeness (QED) is 0.584. The van der Waals surface area contributed by atoms with E-state index < -0.39 is 4.92 Å². The highest BCUT2D eigenvalue weighted by Crippen LogP contribution is 2.29. The van der Waals surface area contributed by atoms with Crippen molar-refractivity contribution in [2.75, 3.05) is 5.32 Å². The second-order valence-corrected chi connectivity index (χ2v) is 5.18. The van der Waals surface area contributed by atoms with Gasteiger partial charge in [0.15, 0.2) is 0 Å². The Kier molecular flexibility index (Phi) is 3.57. The van der Waals surface area contributed by atoms with Gasteiger partial charge < -0.3 is 5.32 Å². The van der Waals surface area contributed by atoms with Crippen molar-refractivity contribution in [1.82, 2.24) is 10.2 Å². The maximum Gasteiger partial charge on any atom is 0.269 e. The van der Waals surface area contributed by atoms with Crippen molar-refractivity contribution in [2.24, 2.45) is 0 Å². The van der Waals surface area contributed by atoms with Crippen LogP contribution in [0.1, 0.15) is 0 Å². The minimum atomic E-state index is -0.424. The van der Waals surface area contributed by atoms with Crippen LogP contribution in [-0.2, 0) is 0 Å². The Labute approximate surface area is 124 Å². The van der Waals surface area contributed by atoms with Gasteiger partial charge in [0, 0.05) is 23.4 Å². The highest BCUT2D eigenvalue weighted by Gasteiger charge is 2.09. The number of hydrogen-bond acceptors (Lipinski definition) is 6. The fourth-order valence-electron chi connectivity index (χ4n) is 1.76. The van der Waals surface area contributed by atoms with E-state index >= 15 is 0 Å². The second kappa shape index (κ2) is 5.68. The number of para-hydroxylation sites is 1. The molecule has 1 aromatic heterocycles. The first kappa shape index (κ1) is 13.2. The molecule has 0 unspecified atom stereocenters. The molecule has 0 aliphatic carbocycles. The molecule has 3 rings (SSSR count). The topological polar surface area (TPSA) is 81.0 Å². The Hall–Kier alpha value is -2.80. The lowest BCUT2D eigenvalue weighted by Crippen LogP contribution is -1.88. The van der Waals surface area contributed by atoms with Crippen LogP contribution >= 0.6 is 11.3 Å². The number of nitrogens with zero attached hydrogens (tertiary/aromatic N) is 3. The Morgan fingerprint density at radius 1 is 1.00 bits per heavy atom. The summed E-state index contributed by atoms with van der Waals surface area (Å²) in [4.78, 5) is 10.2. The highest BCUT2D eigenvalue weighted by atomic mass is 32.1. The lowest BCUT2D eigenvalue weighted by atomic mass is 10.2. The number of nitro groups is 1. The zero-order valence-electron chi connectivity index (χ0n) is 10.8. The average Bonchev–Trinajstić information content (AvgIpc) is 2.97. The number of aromatic nitrogens is 2. The number of hydrogen-bond donors (Lipinski definition) is 1. The van der Waals surface area contributed by atoms with Gasteiger partial charge in [-0.2, -0.15) is 0 Å². The van der Waals surface area contributed by atoms with Crippen LogP contribution in [0.25, 0.3) is 10.6 Å². The molecule has 0 bridgehead atoms. The van der Waals surface area contributed by atoms with Crippen molar-refractivity contribution in [2.45, 2.75) is 0 Å². The van der Waals surface area contributed by atoms with E-state index in [2.05, 4.69) is 15.5 Å². The van der Waals surface area contributed by atoms with Gasteiger partial charge in [-0.15, -0.1) is 10.2 Å². The smallest absolute Gasteiger partial charge is 0.269 e. The van der Waals surface area contributed by atoms with Gasteiger partial charge in [-0.25, -0.2) is 0 Å². The summed E-state index contributed by atoms with van der Waals surface area (Å²) >= 11 is 1.39. The first-order valence-electron chi connectivity index (χ1n) is 6.13. The Balaban J connectivity index is 1.80. The molecule has 0 amide bonds. The summed E-state index contributed by atoms with van der Waals surface area (Å²) in [6.07, 6.45) is 0. The van der Waals surface area contributed by atoms with Gasteiger partial charge in [0.25, 0.3) is 5.69 Å². The number of benzene rings is 2. The fourth-order valence-corrected chi connectivity index (χ4v) is 2.53. The molecule has 3 aromatic rings. The largest absolute Gasteiger partial charge is 0.330 e. The Bertz CT molecular complexity index is 756. The fraction of sp³-hybridized carbons (Fsp3) is 0. The molecule has 1 heterocycles. The first-order chi connectivity index (χ1) is 10.2. The lowest BCUT2D eigenvalue weighted by Gasteiger charge is -1.99. The van der Waals surface area contributed by atoms with E-state index in [0.29, 0.717) is 10.1 Å². The number of anilines is 2. The van der Waals surface area contributed by atoms with Crippen LogP contribution in [0.3, 0.4) is 0 Å². The normalized spacial score (nSPS) is 10.3. The zero-order chi connectivity index (χ0) is 14.7. The zero-order valence-corrected chi connectivity index (χ0v) is 11.6. The molecule has 104 valence electrons. The van der Waals surface area contributed by atoms with Gasteiger partial charge in [-0.05, 0) is 24.3 Å². The van der Waals surface area contributed by atoms with Crippen molar-refractivity contribution in [3.63, 3.8) is 0 Å². The SMILES string of the molecule is O=[N+]([O-])c1ccc(-c2nnc(Nc3ccccc3)s2)cc1. The Morgan fingerprint density at radius 3 is 2.38 bits per heavy atom. The van der Waals surface area contributed by atoms with Crippen molar-refractivity contribution < 1.29 is 4.92 Å². The van der Waals surface area contributed by atoms with E-state index in [4.69, 9.17) is 0 Å². The van der Waals surface area contributed by atoms with E-state index in [-0.39, 0.29) is 5.69 Å². The molecule has 0 spiro atoms. The molecule has 0 aliphatic rings. The van der Waals surface area contributed by atoms with Crippen LogP contribution < -0.4 is 5.32 Å². The summed E-state index contributed by atoms with van der Waals surface area (Å²) in [6.45, 7) is 0. The van der Waals surface area contributed by atoms with Gasteiger partial charge >= 0.3 is 0 Å². The first-order valence-corrected chi connectivity index (χ1v) is 6.94. The van der Waals surface area contributed by atoms with Gasteiger partial charge in [-0.1, -0.05) is 29.5 Å². The standard InChI is InChI=1S/C14H10N4O2S/c19-18(20)12-8-6-10(7-9-12)13-16-17-14(21-13)15-11-4-2-1-3-5-11/h1-9H,(H,15,17). The molecule has 7 heteroatoms. The molecule has 0 saturated heterocycles. The van der Waals surface area contributed by atoms with Crippen molar-refractivity contribution >= 4 is 27.8 Å². The summed E-state index contributed by atoms with van der Waals surface area (Å²) in [6, 6.07) is 15.9. The third-order valence-corrected chi connectivity index (χ3v) is 3.66. The van der Waals surface area contributed by atoms with Gasteiger partial charge in [0.1, 0.15) is 5.01 Å². The third-order valence-electron chi connectivity index (χ3n) is 2.78. The van der Waals surface area contributed by atoms with Gasteiger partial charge in [-0.3, -0.25) is 10.1 Å². The number of nitrogens with one attached hydrogen (secondary N) is 1. The highest BCUT2D eigenvalue weighted by molar-refractivity contribution is 7.18. The van der Waals surface area contributed by atoms with Crippen molar-refractivity contribution in [3.8, 4) is 10.6 Å². The number of nitro benzene ring substituents is 1. The molecule has 6 nitrogen and oxygen atoms in total. The molecular formula is C14H10N4O2S. The molecule has 21 heavy (non-hydrogen) atoms. The lowest BCUT2D eigenvalue weighted by molar-refractivity contribution is -0.384. The summed E-state index contributed by atoms with van der Waals surface area (Å²) in [5.74, 6) is 0. The molecule has 0 atom stereocenters. The predicted octanol–water partition coefficient (Wildman–Crippen LogP) is 3.86. The van der Waals surface area contributed by atoms with Crippen LogP contribution in [0.4, 0.5) is 16.5 Å².